The maximum Gasteiger partial charge on any atom is 0.573 e. The van der Waals surface area contributed by atoms with Crippen LogP contribution in [0.1, 0.15) is 17.3 Å². The monoisotopic (exact) mass is 396 g/mol. The second-order valence-electron chi connectivity index (χ2n) is 3.71. The van der Waals surface area contributed by atoms with Crippen molar-refractivity contribution >= 4 is 33.5 Å². The molecule has 0 saturated carbocycles. The van der Waals surface area contributed by atoms with Gasteiger partial charge in [-0.2, -0.15) is 13.2 Å². The van der Waals surface area contributed by atoms with Crippen LogP contribution < -0.4 is 4.74 Å². The third-order valence-corrected chi connectivity index (χ3v) is 3.25. The number of ketones is 1. The number of ether oxygens (including phenoxy) is 1. The zero-order chi connectivity index (χ0) is 16.4. The van der Waals surface area contributed by atoms with Crippen LogP contribution in [-0.4, -0.2) is 22.5 Å². The Labute approximate surface area is 128 Å². The summed E-state index contributed by atoms with van der Waals surface area (Å²) in [6, 6.07) is 2.64. The number of carbonyl (C=O) groups is 1. The Bertz CT molecular complexity index is 492. The molecule has 2 nitrogen and oxygen atoms in total. The predicted molar refractivity (Wildman–Crippen MR) is 67.8 cm³/mol. The van der Waals surface area contributed by atoms with Crippen LogP contribution in [0, 0.1) is 0 Å². The van der Waals surface area contributed by atoms with Gasteiger partial charge in [0.2, 0.25) is 0 Å². The lowest BCUT2D eigenvalue weighted by Crippen LogP contribution is -2.21. The standard InChI is InChI=1S/C11H7BrF6O2S/c1-5(12)9(19)8-6(20-10(13,14)15)3-2-4-7(8)21-11(16,17)18/h2-5H,1H3. The fourth-order valence-corrected chi connectivity index (χ4v) is 2.30. The number of rotatable bonds is 4. The first-order valence-corrected chi connectivity index (χ1v) is 6.96. The van der Waals surface area contributed by atoms with Crippen molar-refractivity contribution in [2.75, 3.05) is 0 Å². The highest BCUT2D eigenvalue weighted by Crippen LogP contribution is 2.42. The summed E-state index contributed by atoms with van der Waals surface area (Å²) in [5.74, 6) is -1.91. The molecular formula is C11H7BrF6O2S. The fourth-order valence-electron chi connectivity index (χ4n) is 1.37. The van der Waals surface area contributed by atoms with Crippen LogP contribution in [0.25, 0.3) is 0 Å². The number of alkyl halides is 7. The van der Waals surface area contributed by atoms with E-state index in [0.717, 1.165) is 18.2 Å². The lowest BCUT2D eigenvalue weighted by Gasteiger charge is -2.17. The van der Waals surface area contributed by atoms with E-state index < -0.39 is 50.5 Å². The van der Waals surface area contributed by atoms with Crippen molar-refractivity contribution in [3.05, 3.63) is 23.8 Å². The number of Topliss-reactive ketones (excluding diaryl/α,β-unsaturated/α-hetero) is 1. The van der Waals surface area contributed by atoms with Crippen molar-refractivity contribution in [1.29, 1.82) is 0 Å². The highest BCUT2D eigenvalue weighted by atomic mass is 79.9. The summed E-state index contributed by atoms with van der Waals surface area (Å²) in [5.41, 5.74) is -5.51. The number of hydrogen-bond donors (Lipinski definition) is 0. The molecule has 0 saturated heterocycles. The van der Waals surface area contributed by atoms with Gasteiger partial charge in [0.15, 0.2) is 5.78 Å². The van der Waals surface area contributed by atoms with Gasteiger partial charge in [0.25, 0.3) is 0 Å². The zero-order valence-corrected chi connectivity index (χ0v) is 12.6. The van der Waals surface area contributed by atoms with Crippen molar-refractivity contribution < 1.29 is 35.9 Å². The molecule has 0 amide bonds. The van der Waals surface area contributed by atoms with Gasteiger partial charge in [0.1, 0.15) is 5.75 Å². The van der Waals surface area contributed by atoms with Gasteiger partial charge >= 0.3 is 11.9 Å². The van der Waals surface area contributed by atoms with Gasteiger partial charge < -0.3 is 4.74 Å². The lowest BCUT2D eigenvalue weighted by molar-refractivity contribution is -0.274. The number of hydrogen-bond acceptors (Lipinski definition) is 3. The highest BCUT2D eigenvalue weighted by molar-refractivity contribution is 9.10. The molecule has 1 aromatic carbocycles. The quantitative estimate of drug-likeness (QED) is 0.304. The molecule has 118 valence electrons. The molecule has 1 unspecified atom stereocenters. The Hall–Kier alpha value is -0.900. The molecule has 0 aliphatic carbocycles. The van der Waals surface area contributed by atoms with Gasteiger partial charge in [-0.05, 0) is 30.8 Å². The van der Waals surface area contributed by atoms with Gasteiger partial charge in [-0.25, -0.2) is 0 Å². The van der Waals surface area contributed by atoms with Gasteiger partial charge in [0, 0.05) is 4.90 Å². The number of carbonyl (C=O) groups excluding carboxylic acids is 1. The van der Waals surface area contributed by atoms with E-state index in [4.69, 9.17) is 0 Å². The number of thioether (sulfide) groups is 1. The predicted octanol–water partition coefficient (Wildman–Crippen LogP) is 5.16. The van der Waals surface area contributed by atoms with Gasteiger partial charge in [0.05, 0.1) is 10.4 Å². The SMILES string of the molecule is CC(Br)C(=O)c1c(OC(F)(F)F)cccc1SC(F)(F)F. The molecular weight excluding hydrogens is 390 g/mol. The van der Waals surface area contributed by atoms with Crippen molar-refractivity contribution in [3.8, 4) is 5.75 Å². The molecule has 0 radical (unpaired) electrons. The van der Waals surface area contributed by atoms with E-state index in [9.17, 15) is 31.1 Å². The van der Waals surface area contributed by atoms with E-state index in [-0.39, 0.29) is 0 Å². The van der Waals surface area contributed by atoms with Crippen molar-refractivity contribution in [3.63, 3.8) is 0 Å². The first-order chi connectivity index (χ1) is 9.41. The normalized spacial score (nSPS) is 13.9. The fraction of sp³-hybridized carbons (Fsp3) is 0.364. The Morgan fingerprint density at radius 3 is 2.24 bits per heavy atom. The minimum absolute atomic E-state index is 0.652. The molecule has 1 aromatic rings. The molecule has 0 aliphatic rings. The minimum atomic E-state index is -5.12. The van der Waals surface area contributed by atoms with Crippen LogP contribution in [0.5, 0.6) is 5.75 Å². The second-order valence-corrected chi connectivity index (χ2v) is 6.19. The van der Waals surface area contributed by atoms with Crippen LogP contribution in [0.3, 0.4) is 0 Å². The molecule has 21 heavy (non-hydrogen) atoms. The highest BCUT2D eigenvalue weighted by Gasteiger charge is 2.37. The summed E-state index contributed by atoms with van der Waals surface area (Å²) in [4.78, 5) is 10.3. The van der Waals surface area contributed by atoms with E-state index in [2.05, 4.69) is 20.7 Å². The van der Waals surface area contributed by atoms with E-state index in [1.807, 2.05) is 0 Å². The summed E-state index contributed by atoms with van der Waals surface area (Å²) < 4.78 is 77.8. The van der Waals surface area contributed by atoms with Crippen molar-refractivity contribution in [1.82, 2.24) is 0 Å². The van der Waals surface area contributed by atoms with E-state index in [1.165, 1.54) is 6.92 Å². The van der Waals surface area contributed by atoms with Crippen LogP contribution in [-0.2, 0) is 0 Å². The summed E-state index contributed by atoms with van der Waals surface area (Å²) in [6.45, 7) is 1.29. The van der Waals surface area contributed by atoms with Crippen molar-refractivity contribution in [2.24, 2.45) is 0 Å². The van der Waals surface area contributed by atoms with Gasteiger partial charge in [-0.3, -0.25) is 4.79 Å². The molecule has 0 aliphatic heterocycles. The molecule has 1 rings (SSSR count). The zero-order valence-electron chi connectivity index (χ0n) is 10.2. The smallest absolute Gasteiger partial charge is 0.405 e. The van der Waals surface area contributed by atoms with Crippen LogP contribution >= 0.6 is 27.7 Å². The largest absolute Gasteiger partial charge is 0.573 e. The first-order valence-electron chi connectivity index (χ1n) is 5.23. The Morgan fingerprint density at radius 2 is 1.81 bits per heavy atom. The number of benzene rings is 1. The molecule has 0 heterocycles. The van der Waals surface area contributed by atoms with Crippen LogP contribution in [0.15, 0.2) is 23.1 Å². The molecule has 0 aromatic heterocycles. The maximum absolute atomic E-state index is 12.4. The van der Waals surface area contributed by atoms with Crippen LogP contribution in [0.4, 0.5) is 26.3 Å². The van der Waals surface area contributed by atoms with Gasteiger partial charge in [-0.15, -0.1) is 13.2 Å². The molecule has 10 heteroatoms. The Kier molecular flexibility index (Phi) is 5.59. The minimum Gasteiger partial charge on any atom is -0.405 e. The average molecular weight is 397 g/mol. The van der Waals surface area contributed by atoms with E-state index in [0.29, 0.717) is 0 Å². The molecule has 0 spiro atoms. The summed E-state index contributed by atoms with van der Waals surface area (Å²) >= 11 is 2.15. The number of halogens is 7. The van der Waals surface area contributed by atoms with E-state index in [1.54, 1.807) is 0 Å². The molecule has 1 atom stereocenters. The van der Waals surface area contributed by atoms with Crippen LogP contribution in [0.2, 0.25) is 0 Å². The first kappa shape index (κ1) is 18.1. The summed E-state index contributed by atoms with van der Waals surface area (Å²) in [7, 11) is 0. The van der Waals surface area contributed by atoms with Crippen molar-refractivity contribution in [2.45, 2.75) is 28.5 Å². The van der Waals surface area contributed by atoms with E-state index >= 15 is 0 Å². The maximum atomic E-state index is 12.4. The topological polar surface area (TPSA) is 26.3 Å². The van der Waals surface area contributed by atoms with Gasteiger partial charge in [-0.1, -0.05) is 22.0 Å². The Morgan fingerprint density at radius 1 is 1.24 bits per heavy atom. The second kappa shape index (κ2) is 6.47. The third kappa shape index (κ3) is 5.77. The lowest BCUT2D eigenvalue weighted by atomic mass is 10.1. The third-order valence-electron chi connectivity index (χ3n) is 2.05. The summed E-state index contributed by atoms with van der Waals surface area (Å²) in [5, 5.41) is 0. The summed E-state index contributed by atoms with van der Waals surface area (Å²) in [6.07, 6.45) is -5.12. The average Bonchev–Trinajstić information content (AvgIpc) is 2.23. The molecule has 0 N–H and O–H groups in total. The Balaban J connectivity index is 3.37. The molecule has 0 fully saturated rings. The molecule has 0 bridgehead atoms.